The summed E-state index contributed by atoms with van der Waals surface area (Å²) < 4.78 is 1.16. The van der Waals surface area contributed by atoms with Gasteiger partial charge < -0.3 is 5.32 Å². The van der Waals surface area contributed by atoms with Gasteiger partial charge in [0.05, 0.1) is 5.39 Å². The highest BCUT2D eigenvalue weighted by Crippen LogP contribution is 2.12. The number of aromatic nitrogens is 2. The van der Waals surface area contributed by atoms with Crippen LogP contribution in [0.15, 0.2) is 29.1 Å². The van der Waals surface area contributed by atoms with Crippen molar-refractivity contribution in [3.63, 3.8) is 0 Å². The molecule has 1 heterocycles. The van der Waals surface area contributed by atoms with Crippen molar-refractivity contribution in [2.75, 3.05) is 6.54 Å². The van der Waals surface area contributed by atoms with Crippen molar-refractivity contribution in [1.82, 2.24) is 25.9 Å². The SMILES string of the molecule is CCCCC[C@@H](C)CNC(=S)NNC(=O)c1nn(C)c(=O)c2ccccc12. The molecule has 1 aromatic heterocycles. The predicted octanol–water partition coefficient (Wildman–Crippen LogP) is 2.26. The van der Waals surface area contributed by atoms with Crippen LogP contribution in [-0.4, -0.2) is 27.3 Å². The molecule has 0 aliphatic heterocycles. The second-order valence-electron chi connectivity index (χ2n) is 6.71. The van der Waals surface area contributed by atoms with E-state index in [9.17, 15) is 9.59 Å². The maximum absolute atomic E-state index is 12.5. The molecule has 0 unspecified atom stereocenters. The summed E-state index contributed by atoms with van der Waals surface area (Å²) in [6.45, 7) is 5.10. The van der Waals surface area contributed by atoms with Crippen LogP contribution in [0.5, 0.6) is 0 Å². The van der Waals surface area contributed by atoms with Crippen LogP contribution >= 0.6 is 12.2 Å². The fourth-order valence-corrected chi connectivity index (χ4v) is 2.93. The summed E-state index contributed by atoms with van der Waals surface area (Å²) in [5.41, 5.74) is 5.16. The first-order valence-corrected chi connectivity index (χ1v) is 9.65. The Kier molecular flexibility index (Phi) is 7.72. The van der Waals surface area contributed by atoms with Crippen molar-refractivity contribution < 1.29 is 4.79 Å². The minimum absolute atomic E-state index is 0.163. The number of carbonyl (C=O) groups excluding carboxylic acids is 1. The summed E-state index contributed by atoms with van der Waals surface area (Å²) >= 11 is 5.21. The molecular weight excluding hydrogens is 362 g/mol. The maximum atomic E-state index is 12.5. The minimum atomic E-state index is -0.457. The smallest absolute Gasteiger partial charge is 0.290 e. The maximum Gasteiger partial charge on any atom is 0.290 e. The topological polar surface area (TPSA) is 88.0 Å². The number of hydrazine groups is 1. The van der Waals surface area contributed by atoms with Crippen molar-refractivity contribution in [3.05, 3.63) is 40.3 Å². The van der Waals surface area contributed by atoms with Gasteiger partial charge >= 0.3 is 0 Å². The predicted molar refractivity (Wildman–Crippen MR) is 111 cm³/mol. The number of thiocarbonyl (C=S) groups is 1. The van der Waals surface area contributed by atoms with Gasteiger partial charge in [-0.25, -0.2) is 4.68 Å². The Labute approximate surface area is 164 Å². The average Bonchev–Trinajstić information content (AvgIpc) is 2.67. The zero-order chi connectivity index (χ0) is 19.8. The van der Waals surface area contributed by atoms with Gasteiger partial charge in [-0.1, -0.05) is 51.3 Å². The molecule has 0 radical (unpaired) electrons. The monoisotopic (exact) mass is 389 g/mol. The first-order valence-electron chi connectivity index (χ1n) is 9.24. The lowest BCUT2D eigenvalue weighted by Crippen LogP contribution is -2.48. The van der Waals surface area contributed by atoms with Crippen molar-refractivity contribution in [3.8, 4) is 0 Å². The van der Waals surface area contributed by atoms with Crippen LogP contribution < -0.4 is 21.7 Å². The number of aryl methyl sites for hydroxylation is 1. The molecule has 0 fully saturated rings. The van der Waals surface area contributed by atoms with Crippen molar-refractivity contribution in [2.24, 2.45) is 13.0 Å². The summed E-state index contributed by atoms with van der Waals surface area (Å²) in [7, 11) is 1.52. The summed E-state index contributed by atoms with van der Waals surface area (Å²) in [5, 5.41) is 8.48. The van der Waals surface area contributed by atoms with E-state index in [2.05, 4.69) is 35.1 Å². The molecule has 0 saturated carbocycles. The van der Waals surface area contributed by atoms with Gasteiger partial charge in [-0.2, -0.15) is 5.10 Å². The number of nitrogens with zero attached hydrogens (tertiary/aromatic N) is 2. The first kappa shape index (κ1) is 20.8. The lowest BCUT2D eigenvalue weighted by molar-refractivity contribution is 0.0938. The van der Waals surface area contributed by atoms with Gasteiger partial charge in [0.25, 0.3) is 11.5 Å². The van der Waals surface area contributed by atoms with Gasteiger partial charge in [0, 0.05) is 19.0 Å². The molecule has 3 N–H and O–H groups in total. The number of hydrogen-bond donors (Lipinski definition) is 3. The van der Waals surface area contributed by atoms with Crippen LogP contribution in [0, 0.1) is 5.92 Å². The summed E-state index contributed by atoms with van der Waals surface area (Å²) in [6, 6.07) is 6.90. The quantitative estimate of drug-likeness (QED) is 0.382. The van der Waals surface area contributed by atoms with Crippen LogP contribution in [0.25, 0.3) is 10.8 Å². The van der Waals surface area contributed by atoms with Crippen molar-refractivity contribution in [2.45, 2.75) is 39.5 Å². The molecular formula is C19H27N5O2S. The molecule has 27 heavy (non-hydrogen) atoms. The normalized spacial score (nSPS) is 11.8. The van der Waals surface area contributed by atoms with E-state index >= 15 is 0 Å². The number of fused-ring (bicyclic) bond motifs is 1. The molecule has 0 spiro atoms. The molecule has 1 atom stereocenters. The third-order valence-corrected chi connectivity index (χ3v) is 4.62. The van der Waals surface area contributed by atoms with E-state index in [-0.39, 0.29) is 11.3 Å². The second-order valence-corrected chi connectivity index (χ2v) is 7.12. The molecule has 8 heteroatoms. The van der Waals surface area contributed by atoms with E-state index in [4.69, 9.17) is 12.2 Å². The molecule has 7 nitrogen and oxygen atoms in total. The van der Waals surface area contributed by atoms with Gasteiger partial charge in [-0.3, -0.25) is 20.4 Å². The van der Waals surface area contributed by atoms with Crippen LogP contribution in [0.2, 0.25) is 0 Å². The highest BCUT2D eigenvalue weighted by Gasteiger charge is 2.15. The van der Waals surface area contributed by atoms with E-state index in [0.717, 1.165) is 17.6 Å². The summed E-state index contributed by atoms with van der Waals surface area (Å²) in [6.07, 6.45) is 4.80. The molecule has 0 aliphatic carbocycles. The van der Waals surface area contributed by atoms with Gasteiger partial charge in [-0.15, -0.1) is 0 Å². The van der Waals surface area contributed by atoms with Crippen LogP contribution in [-0.2, 0) is 7.05 Å². The number of unbranched alkanes of at least 4 members (excludes halogenated alkanes) is 2. The Balaban J connectivity index is 1.93. The third-order valence-electron chi connectivity index (χ3n) is 4.37. The first-order chi connectivity index (χ1) is 12.9. The number of benzene rings is 1. The van der Waals surface area contributed by atoms with Crippen LogP contribution in [0.3, 0.4) is 0 Å². The van der Waals surface area contributed by atoms with Crippen LogP contribution in [0.4, 0.5) is 0 Å². The van der Waals surface area contributed by atoms with Crippen molar-refractivity contribution >= 4 is 34.0 Å². The van der Waals surface area contributed by atoms with Gasteiger partial charge in [0.1, 0.15) is 0 Å². The zero-order valence-corrected chi connectivity index (χ0v) is 16.9. The standard InChI is InChI=1S/C19H27N5O2S/c1-4-5-6-9-13(2)12-20-19(27)22-21-17(25)16-14-10-7-8-11-15(14)18(26)24(3)23-16/h7-8,10-11,13H,4-6,9,12H2,1-3H3,(H,21,25)(H2,20,22,27)/t13-/m1/s1. The third kappa shape index (κ3) is 5.75. The van der Waals surface area contributed by atoms with Gasteiger partial charge in [-0.05, 0) is 30.6 Å². The average molecular weight is 390 g/mol. The number of nitrogens with one attached hydrogen (secondary N) is 3. The zero-order valence-electron chi connectivity index (χ0n) is 16.0. The lowest BCUT2D eigenvalue weighted by Gasteiger charge is -2.15. The Morgan fingerprint density at radius 3 is 2.63 bits per heavy atom. The molecule has 2 aromatic rings. The minimum Gasteiger partial charge on any atom is -0.361 e. The Morgan fingerprint density at radius 2 is 1.93 bits per heavy atom. The molecule has 146 valence electrons. The van der Waals surface area contributed by atoms with Crippen molar-refractivity contribution in [1.29, 1.82) is 0 Å². The fraction of sp³-hybridized carbons (Fsp3) is 0.474. The van der Waals surface area contributed by atoms with Crippen LogP contribution in [0.1, 0.15) is 50.0 Å². The highest BCUT2D eigenvalue weighted by molar-refractivity contribution is 7.80. The number of carbonyl (C=O) groups is 1. The number of hydrogen-bond acceptors (Lipinski definition) is 4. The van der Waals surface area contributed by atoms with E-state index in [1.165, 1.54) is 26.3 Å². The van der Waals surface area contributed by atoms with Gasteiger partial charge in [0.15, 0.2) is 10.8 Å². The second kappa shape index (κ2) is 10.0. The van der Waals surface area contributed by atoms with Gasteiger partial charge in [0.2, 0.25) is 0 Å². The number of rotatable bonds is 7. The number of amides is 1. The Hall–Kier alpha value is -2.48. The fourth-order valence-electron chi connectivity index (χ4n) is 2.80. The molecule has 1 aromatic carbocycles. The highest BCUT2D eigenvalue weighted by atomic mass is 32.1. The molecule has 1 amide bonds. The van der Waals surface area contributed by atoms with E-state index in [1.807, 2.05) is 0 Å². The molecule has 0 saturated heterocycles. The molecule has 0 aliphatic rings. The summed E-state index contributed by atoms with van der Waals surface area (Å²) in [4.78, 5) is 24.6. The van der Waals surface area contributed by atoms with E-state index in [1.54, 1.807) is 24.3 Å². The Bertz CT molecular complexity index is 865. The van der Waals surface area contributed by atoms with E-state index < -0.39 is 5.91 Å². The molecule has 0 bridgehead atoms. The van der Waals surface area contributed by atoms with E-state index in [0.29, 0.717) is 21.8 Å². The largest absolute Gasteiger partial charge is 0.361 e. The Morgan fingerprint density at radius 1 is 1.22 bits per heavy atom. The summed E-state index contributed by atoms with van der Waals surface area (Å²) in [5.74, 6) is 0.0446. The molecule has 2 rings (SSSR count). The lowest BCUT2D eigenvalue weighted by atomic mass is 10.0.